The molecule has 0 radical (unpaired) electrons. The number of fused-ring (bicyclic) bond motifs is 1. The predicted molar refractivity (Wildman–Crippen MR) is 73.5 cm³/mol. The Morgan fingerprint density at radius 1 is 1.32 bits per heavy atom. The molecule has 0 bridgehead atoms. The molecule has 0 saturated carbocycles. The minimum Gasteiger partial charge on any atom is -0.490 e. The minimum absolute atomic E-state index is 0.00000413. The zero-order chi connectivity index (χ0) is 13.3. The third kappa shape index (κ3) is 2.63. The van der Waals surface area contributed by atoms with Crippen LogP contribution >= 0.6 is 0 Å². The van der Waals surface area contributed by atoms with E-state index in [1.165, 1.54) is 11.1 Å². The molecule has 19 heavy (non-hydrogen) atoms. The van der Waals surface area contributed by atoms with E-state index >= 15 is 0 Å². The zero-order valence-electron chi connectivity index (χ0n) is 11.5. The van der Waals surface area contributed by atoms with Crippen LogP contribution in [0.1, 0.15) is 30.4 Å². The van der Waals surface area contributed by atoms with Crippen molar-refractivity contribution < 1.29 is 14.6 Å². The van der Waals surface area contributed by atoms with Crippen LogP contribution < -0.4 is 4.74 Å². The zero-order valence-corrected chi connectivity index (χ0v) is 11.5. The van der Waals surface area contributed by atoms with Crippen LogP contribution in [-0.4, -0.2) is 31.0 Å². The molecule has 104 valence electrons. The summed E-state index contributed by atoms with van der Waals surface area (Å²) in [5, 5.41) is 9.75. The highest BCUT2D eigenvalue weighted by Gasteiger charge is 2.37. The highest BCUT2D eigenvalue weighted by molar-refractivity contribution is 5.40. The Labute approximate surface area is 114 Å². The molecule has 2 aliphatic heterocycles. The van der Waals surface area contributed by atoms with E-state index in [-0.39, 0.29) is 18.1 Å². The largest absolute Gasteiger partial charge is 0.490 e. The van der Waals surface area contributed by atoms with Crippen molar-refractivity contribution in [3.63, 3.8) is 0 Å². The minimum atomic E-state index is 0.00000413. The molecule has 0 amide bonds. The lowest BCUT2D eigenvalue weighted by atomic mass is 9.76. The van der Waals surface area contributed by atoms with E-state index in [1.807, 2.05) is 0 Å². The van der Waals surface area contributed by atoms with Crippen molar-refractivity contribution in [1.29, 1.82) is 0 Å². The molecular weight excluding hydrogens is 240 g/mol. The summed E-state index contributed by atoms with van der Waals surface area (Å²) >= 11 is 0. The van der Waals surface area contributed by atoms with E-state index in [1.54, 1.807) is 0 Å². The second kappa shape index (κ2) is 5.14. The van der Waals surface area contributed by atoms with Crippen LogP contribution in [0.2, 0.25) is 0 Å². The Bertz CT molecular complexity index is 449. The summed E-state index contributed by atoms with van der Waals surface area (Å²) in [6, 6.07) is 6.38. The molecule has 0 spiro atoms. The fourth-order valence-electron chi connectivity index (χ4n) is 3.28. The third-order valence-electron chi connectivity index (χ3n) is 4.51. The van der Waals surface area contributed by atoms with Crippen LogP contribution in [0.4, 0.5) is 0 Å². The van der Waals surface area contributed by atoms with Crippen LogP contribution in [0, 0.1) is 12.3 Å². The Morgan fingerprint density at radius 2 is 2.11 bits per heavy atom. The van der Waals surface area contributed by atoms with Gasteiger partial charge in [-0.05, 0) is 37.8 Å². The van der Waals surface area contributed by atoms with Crippen LogP contribution in [0.5, 0.6) is 5.75 Å². The second-order valence-corrected chi connectivity index (χ2v) is 6.03. The second-order valence-electron chi connectivity index (χ2n) is 6.03. The smallest absolute Gasteiger partial charge is 0.123 e. The average Bonchev–Trinajstić information content (AvgIpc) is 2.81. The number of hydrogen-bond donors (Lipinski definition) is 1. The van der Waals surface area contributed by atoms with Crippen molar-refractivity contribution in [3.05, 3.63) is 29.3 Å². The van der Waals surface area contributed by atoms with Crippen molar-refractivity contribution in [2.45, 2.75) is 38.7 Å². The topological polar surface area (TPSA) is 38.7 Å². The lowest BCUT2D eigenvalue weighted by Crippen LogP contribution is -2.37. The maximum atomic E-state index is 9.75. The molecule has 2 aliphatic rings. The van der Waals surface area contributed by atoms with Crippen molar-refractivity contribution in [2.24, 2.45) is 5.41 Å². The third-order valence-corrected chi connectivity index (χ3v) is 4.51. The van der Waals surface area contributed by atoms with Gasteiger partial charge in [-0.15, -0.1) is 0 Å². The molecule has 1 aromatic carbocycles. The number of ether oxygens (including phenoxy) is 2. The van der Waals surface area contributed by atoms with E-state index in [0.717, 1.165) is 44.6 Å². The monoisotopic (exact) mass is 262 g/mol. The fraction of sp³-hybridized carbons (Fsp3) is 0.625. The quantitative estimate of drug-likeness (QED) is 0.909. The summed E-state index contributed by atoms with van der Waals surface area (Å²) in [4.78, 5) is 0. The molecule has 3 heteroatoms. The first kappa shape index (κ1) is 12.9. The van der Waals surface area contributed by atoms with Gasteiger partial charge < -0.3 is 14.6 Å². The van der Waals surface area contributed by atoms with Gasteiger partial charge in [0.15, 0.2) is 0 Å². The van der Waals surface area contributed by atoms with Gasteiger partial charge in [0.25, 0.3) is 0 Å². The molecule has 1 fully saturated rings. The number of hydrogen-bond acceptors (Lipinski definition) is 3. The Morgan fingerprint density at radius 3 is 2.84 bits per heavy atom. The van der Waals surface area contributed by atoms with Gasteiger partial charge >= 0.3 is 0 Å². The summed E-state index contributed by atoms with van der Waals surface area (Å²) in [5.74, 6) is 1.02. The Kier molecular flexibility index (Phi) is 3.50. The molecule has 2 heterocycles. The van der Waals surface area contributed by atoms with E-state index in [9.17, 15) is 5.11 Å². The summed E-state index contributed by atoms with van der Waals surface area (Å²) in [6.45, 7) is 3.88. The van der Waals surface area contributed by atoms with E-state index in [2.05, 4.69) is 25.1 Å². The molecule has 1 saturated heterocycles. The van der Waals surface area contributed by atoms with Crippen LogP contribution in [0.3, 0.4) is 0 Å². The lowest BCUT2D eigenvalue weighted by molar-refractivity contribution is -0.0359. The Hall–Kier alpha value is -1.06. The maximum absolute atomic E-state index is 9.75. The van der Waals surface area contributed by atoms with Crippen molar-refractivity contribution in [1.82, 2.24) is 0 Å². The summed E-state index contributed by atoms with van der Waals surface area (Å²) in [5.41, 5.74) is 2.59. The van der Waals surface area contributed by atoms with Gasteiger partial charge in [0.1, 0.15) is 11.9 Å². The summed E-state index contributed by atoms with van der Waals surface area (Å²) < 4.78 is 11.5. The van der Waals surface area contributed by atoms with Gasteiger partial charge in [0.05, 0.1) is 0 Å². The molecule has 3 nitrogen and oxygen atoms in total. The molecular formula is C16H22O3. The SMILES string of the molecule is Cc1ccc2c(c1)CC(CC1(CO)CCOCC1)O2. The molecule has 3 rings (SSSR count). The highest BCUT2D eigenvalue weighted by atomic mass is 16.5. The molecule has 1 atom stereocenters. The molecule has 1 aromatic rings. The number of rotatable bonds is 3. The highest BCUT2D eigenvalue weighted by Crippen LogP contribution is 2.39. The standard InChI is InChI=1S/C16H22O3/c1-12-2-3-15-13(8-12)9-14(19-15)10-16(11-17)4-6-18-7-5-16/h2-3,8,14,17H,4-7,9-11H2,1H3. The van der Waals surface area contributed by atoms with Crippen LogP contribution in [0.15, 0.2) is 18.2 Å². The number of aliphatic hydroxyl groups excluding tert-OH is 1. The Balaban J connectivity index is 1.69. The van der Waals surface area contributed by atoms with Crippen LogP contribution in [-0.2, 0) is 11.2 Å². The first-order valence-corrected chi connectivity index (χ1v) is 7.16. The molecule has 1 N–H and O–H groups in total. The van der Waals surface area contributed by atoms with Crippen molar-refractivity contribution >= 4 is 0 Å². The van der Waals surface area contributed by atoms with Gasteiger partial charge in [-0.25, -0.2) is 0 Å². The average molecular weight is 262 g/mol. The van der Waals surface area contributed by atoms with Crippen molar-refractivity contribution in [3.8, 4) is 5.75 Å². The van der Waals surface area contributed by atoms with E-state index in [0.29, 0.717) is 0 Å². The van der Waals surface area contributed by atoms with Crippen molar-refractivity contribution in [2.75, 3.05) is 19.8 Å². The molecule has 1 unspecified atom stereocenters. The van der Waals surface area contributed by atoms with Gasteiger partial charge in [-0.2, -0.15) is 0 Å². The van der Waals surface area contributed by atoms with E-state index in [4.69, 9.17) is 9.47 Å². The van der Waals surface area contributed by atoms with E-state index < -0.39 is 0 Å². The van der Waals surface area contributed by atoms with Gasteiger partial charge in [-0.1, -0.05) is 17.7 Å². The van der Waals surface area contributed by atoms with Gasteiger partial charge in [0, 0.05) is 31.7 Å². The molecule has 0 aliphatic carbocycles. The number of aryl methyl sites for hydroxylation is 1. The number of benzene rings is 1. The lowest BCUT2D eigenvalue weighted by Gasteiger charge is -2.37. The van der Waals surface area contributed by atoms with Gasteiger partial charge in [-0.3, -0.25) is 0 Å². The normalized spacial score (nSPS) is 24.8. The summed E-state index contributed by atoms with van der Waals surface area (Å²) in [7, 11) is 0. The van der Waals surface area contributed by atoms with Crippen LogP contribution in [0.25, 0.3) is 0 Å². The summed E-state index contributed by atoms with van der Waals surface area (Å²) in [6.07, 6.45) is 4.00. The first-order chi connectivity index (χ1) is 9.21. The number of aliphatic hydroxyl groups is 1. The first-order valence-electron chi connectivity index (χ1n) is 7.16. The van der Waals surface area contributed by atoms with Gasteiger partial charge in [0.2, 0.25) is 0 Å². The predicted octanol–water partition coefficient (Wildman–Crippen LogP) is 2.48. The molecule has 0 aromatic heterocycles. The maximum Gasteiger partial charge on any atom is 0.123 e. The fourth-order valence-corrected chi connectivity index (χ4v) is 3.28.